The Balaban J connectivity index is 2.31. The van der Waals surface area contributed by atoms with E-state index in [1.165, 1.54) is 0 Å². The molecule has 0 bridgehead atoms. The predicted octanol–water partition coefficient (Wildman–Crippen LogP) is 4.56. The third-order valence-corrected chi connectivity index (χ3v) is 4.30. The number of allylic oxidation sites excluding steroid dienone is 2. The van der Waals surface area contributed by atoms with Gasteiger partial charge in [0.25, 0.3) is 0 Å². The van der Waals surface area contributed by atoms with Crippen LogP contribution in [-0.2, 0) is 17.6 Å². The standard InChI is InChI=1S/C19H17ClO3/c1-10(2)19(22)23-18-14-6-4-11(3)8-15(14)17(21)13-7-5-12(20)9-16(13)18/h4-6,8,21H,1,7,9H2,2-3H3. The van der Waals surface area contributed by atoms with Crippen LogP contribution in [0.25, 0.3) is 10.8 Å². The van der Waals surface area contributed by atoms with Crippen molar-refractivity contribution in [2.24, 2.45) is 0 Å². The molecule has 0 radical (unpaired) electrons. The van der Waals surface area contributed by atoms with Crippen LogP contribution < -0.4 is 4.74 Å². The Hall–Kier alpha value is -2.26. The summed E-state index contributed by atoms with van der Waals surface area (Å²) in [6, 6.07) is 5.67. The summed E-state index contributed by atoms with van der Waals surface area (Å²) in [6.45, 7) is 7.19. The van der Waals surface area contributed by atoms with Gasteiger partial charge in [-0.2, -0.15) is 0 Å². The molecule has 118 valence electrons. The third kappa shape index (κ3) is 2.73. The molecule has 2 aromatic carbocycles. The van der Waals surface area contributed by atoms with Gasteiger partial charge in [0.1, 0.15) is 11.5 Å². The Morgan fingerprint density at radius 2 is 2.04 bits per heavy atom. The topological polar surface area (TPSA) is 46.5 Å². The van der Waals surface area contributed by atoms with E-state index < -0.39 is 5.97 Å². The molecule has 0 amide bonds. The van der Waals surface area contributed by atoms with Gasteiger partial charge in [-0.15, -0.1) is 0 Å². The summed E-state index contributed by atoms with van der Waals surface area (Å²) in [5.74, 6) is 0.215. The van der Waals surface area contributed by atoms with Crippen LogP contribution in [0.4, 0.5) is 0 Å². The maximum absolute atomic E-state index is 12.0. The molecule has 0 saturated heterocycles. The van der Waals surface area contributed by atoms with Crippen molar-refractivity contribution in [3.05, 3.63) is 58.1 Å². The molecule has 23 heavy (non-hydrogen) atoms. The lowest BCUT2D eigenvalue weighted by molar-refractivity contribution is -0.130. The second-order valence-electron chi connectivity index (χ2n) is 5.89. The number of hydrogen-bond donors (Lipinski definition) is 1. The van der Waals surface area contributed by atoms with Gasteiger partial charge in [-0.1, -0.05) is 42.0 Å². The number of carbonyl (C=O) groups excluding carboxylic acids is 1. The molecule has 1 aliphatic rings. The Labute approximate surface area is 139 Å². The van der Waals surface area contributed by atoms with Crippen LogP contribution in [0, 0.1) is 6.92 Å². The minimum absolute atomic E-state index is 0.231. The number of aryl methyl sites for hydroxylation is 1. The van der Waals surface area contributed by atoms with Gasteiger partial charge < -0.3 is 9.84 Å². The van der Waals surface area contributed by atoms with Crippen molar-refractivity contribution in [2.45, 2.75) is 26.7 Å². The first kappa shape index (κ1) is 15.6. The fourth-order valence-corrected chi connectivity index (χ4v) is 3.02. The Morgan fingerprint density at radius 1 is 1.30 bits per heavy atom. The monoisotopic (exact) mass is 328 g/mol. The van der Waals surface area contributed by atoms with Crippen LogP contribution in [-0.4, -0.2) is 11.1 Å². The molecule has 0 aromatic heterocycles. The van der Waals surface area contributed by atoms with E-state index in [9.17, 15) is 9.90 Å². The summed E-state index contributed by atoms with van der Waals surface area (Å²) in [5, 5.41) is 12.7. The van der Waals surface area contributed by atoms with E-state index in [2.05, 4.69) is 6.58 Å². The molecule has 0 fully saturated rings. The zero-order chi connectivity index (χ0) is 16.7. The molecule has 1 N–H and O–H groups in total. The SMILES string of the molecule is C=C(C)C(=O)Oc1c2c(c(O)c3cc(C)ccc13)CC=C(Cl)C2. The van der Waals surface area contributed by atoms with Crippen molar-refractivity contribution in [2.75, 3.05) is 0 Å². The quantitative estimate of drug-likeness (QED) is 0.499. The van der Waals surface area contributed by atoms with Gasteiger partial charge in [-0.05, 0) is 26.3 Å². The minimum Gasteiger partial charge on any atom is -0.507 e. The average molecular weight is 329 g/mol. The number of rotatable bonds is 2. The van der Waals surface area contributed by atoms with E-state index in [0.717, 1.165) is 16.7 Å². The fraction of sp³-hybridized carbons (Fsp3) is 0.211. The van der Waals surface area contributed by atoms with Gasteiger partial charge in [0, 0.05) is 38.9 Å². The summed E-state index contributed by atoms with van der Waals surface area (Å²) >= 11 is 6.17. The molecule has 0 aliphatic heterocycles. The lowest BCUT2D eigenvalue weighted by Crippen LogP contribution is -2.13. The molecule has 0 saturated carbocycles. The summed E-state index contributed by atoms with van der Waals surface area (Å²) in [6.07, 6.45) is 2.82. The number of phenols is 1. The van der Waals surface area contributed by atoms with Gasteiger partial charge >= 0.3 is 5.97 Å². The molecule has 4 heteroatoms. The largest absolute Gasteiger partial charge is 0.507 e. The molecule has 0 heterocycles. The molecular formula is C19H17ClO3. The fourth-order valence-electron chi connectivity index (χ4n) is 2.81. The lowest BCUT2D eigenvalue weighted by atomic mass is 9.90. The average Bonchev–Trinajstić information content (AvgIpc) is 2.51. The van der Waals surface area contributed by atoms with Crippen LogP contribution in [0.5, 0.6) is 11.5 Å². The highest BCUT2D eigenvalue weighted by Crippen LogP contribution is 2.44. The second-order valence-corrected chi connectivity index (χ2v) is 6.37. The van der Waals surface area contributed by atoms with Crippen molar-refractivity contribution in [3.63, 3.8) is 0 Å². The highest BCUT2D eigenvalue weighted by atomic mass is 35.5. The van der Waals surface area contributed by atoms with Crippen LogP contribution in [0.1, 0.15) is 23.6 Å². The predicted molar refractivity (Wildman–Crippen MR) is 92.1 cm³/mol. The second kappa shape index (κ2) is 5.74. The Bertz CT molecular complexity index is 878. The molecule has 0 atom stereocenters. The smallest absolute Gasteiger partial charge is 0.338 e. The summed E-state index contributed by atoms with van der Waals surface area (Å²) < 4.78 is 5.60. The Kier molecular flexibility index (Phi) is 3.90. The number of phenolic OH excluding ortho intramolecular Hbond substituents is 1. The normalized spacial score (nSPS) is 13.4. The van der Waals surface area contributed by atoms with Gasteiger partial charge in [-0.25, -0.2) is 4.79 Å². The van der Waals surface area contributed by atoms with Crippen molar-refractivity contribution >= 4 is 28.3 Å². The number of esters is 1. The highest BCUT2D eigenvalue weighted by molar-refractivity contribution is 6.30. The first-order valence-corrected chi connectivity index (χ1v) is 7.75. The van der Waals surface area contributed by atoms with E-state index in [4.69, 9.17) is 16.3 Å². The zero-order valence-electron chi connectivity index (χ0n) is 13.1. The van der Waals surface area contributed by atoms with E-state index in [1.807, 2.05) is 31.2 Å². The minimum atomic E-state index is -0.481. The van der Waals surface area contributed by atoms with Crippen LogP contribution in [0.3, 0.4) is 0 Å². The van der Waals surface area contributed by atoms with Crippen molar-refractivity contribution in [1.82, 2.24) is 0 Å². The molecule has 2 aromatic rings. The number of ether oxygens (including phenoxy) is 1. The molecule has 1 aliphatic carbocycles. The highest BCUT2D eigenvalue weighted by Gasteiger charge is 2.24. The van der Waals surface area contributed by atoms with Gasteiger partial charge in [0.15, 0.2) is 0 Å². The number of halogens is 1. The molecule has 3 nitrogen and oxygen atoms in total. The number of fused-ring (bicyclic) bond motifs is 2. The molecule has 0 unspecified atom stereocenters. The number of aromatic hydroxyl groups is 1. The summed E-state index contributed by atoms with van der Waals surface area (Å²) in [7, 11) is 0. The van der Waals surface area contributed by atoms with Gasteiger partial charge in [0.05, 0.1) is 0 Å². The van der Waals surface area contributed by atoms with Crippen LogP contribution in [0.2, 0.25) is 0 Å². The molecule has 3 rings (SSSR count). The zero-order valence-corrected chi connectivity index (χ0v) is 13.8. The van der Waals surface area contributed by atoms with E-state index in [1.54, 1.807) is 6.92 Å². The van der Waals surface area contributed by atoms with E-state index in [-0.39, 0.29) is 5.75 Å². The van der Waals surface area contributed by atoms with E-state index in [0.29, 0.717) is 40.0 Å². The maximum Gasteiger partial charge on any atom is 0.338 e. The summed E-state index contributed by atoms with van der Waals surface area (Å²) in [5.41, 5.74) is 2.87. The van der Waals surface area contributed by atoms with Gasteiger partial charge in [-0.3, -0.25) is 0 Å². The van der Waals surface area contributed by atoms with Crippen LogP contribution >= 0.6 is 11.6 Å². The summed E-state index contributed by atoms with van der Waals surface area (Å²) in [4.78, 5) is 12.0. The first-order valence-electron chi connectivity index (χ1n) is 7.37. The number of benzene rings is 2. The van der Waals surface area contributed by atoms with Crippen LogP contribution in [0.15, 0.2) is 41.5 Å². The van der Waals surface area contributed by atoms with Crippen molar-refractivity contribution < 1.29 is 14.6 Å². The van der Waals surface area contributed by atoms with Crippen molar-refractivity contribution in [3.8, 4) is 11.5 Å². The number of carbonyl (C=O) groups is 1. The van der Waals surface area contributed by atoms with E-state index >= 15 is 0 Å². The maximum atomic E-state index is 12.0. The lowest BCUT2D eigenvalue weighted by Gasteiger charge is -2.21. The third-order valence-electron chi connectivity index (χ3n) is 4.02. The van der Waals surface area contributed by atoms with Crippen molar-refractivity contribution in [1.29, 1.82) is 0 Å². The molecule has 0 spiro atoms. The molecular weight excluding hydrogens is 312 g/mol. The van der Waals surface area contributed by atoms with Gasteiger partial charge in [0.2, 0.25) is 0 Å². The Morgan fingerprint density at radius 3 is 2.74 bits per heavy atom. The number of hydrogen-bond acceptors (Lipinski definition) is 3. The first-order chi connectivity index (χ1) is 10.9.